The van der Waals surface area contributed by atoms with Gasteiger partial charge in [-0.2, -0.15) is 0 Å². The van der Waals surface area contributed by atoms with Crippen LogP contribution in [0.5, 0.6) is 17.2 Å². The summed E-state index contributed by atoms with van der Waals surface area (Å²) in [5.41, 5.74) is 0. The molecule has 0 aliphatic carbocycles. The van der Waals surface area contributed by atoms with Crippen molar-refractivity contribution in [2.45, 2.75) is 20.8 Å². The Morgan fingerprint density at radius 1 is 0.654 bits per heavy atom. The molecule has 132 valence electrons. The van der Waals surface area contributed by atoms with Gasteiger partial charge in [0, 0.05) is 32.2 Å². The van der Waals surface area contributed by atoms with Crippen LogP contribution in [0.3, 0.4) is 0 Å². The molecular formula is C20H16O6. The van der Waals surface area contributed by atoms with Crippen molar-refractivity contribution in [3.05, 3.63) is 42.5 Å². The molecule has 0 heterocycles. The number of hydrogen-bond acceptors (Lipinski definition) is 6. The first-order valence-electron chi connectivity index (χ1n) is 7.89. The normalized spacial score (nSPS) is 10.6. The first-order valence-corrected chi connectivity index (χ1v) is 7.89. The fraction of sp³-hybridized carbons (Fsp3) is 0.150. The molecular weight excluding hydrogens is 336 g/mol. The van der Waals surface area contributed by atoms with Gasteiger partial charge in [-0.25, -0.2) is 0 Å². The molecule has 0 fully saturated rings. The molecule has 26 heavy (non-hydrogen) atoms. The minimum atomic E-state index is -0.486. The van der Waals surface area contributed by atoms with Crippen molar-refractivity contribution in [3.63, 3.8) is 0 Å². The Balaban J connectivity index is 2.25. The van der Waals surface area contributed by atoms with Crippen LogP contribution in [0.15, 0.2) is 42.5 Å². The van der Waals surface area contributed by atoms with Crippen molar-refractivity contribution >= 4 is 39.5 Å². The Hall–Kier alpha value is -3.41. The van der Waals surface area contributed by atoms with E-state index in [9.17, 15) is 14.4 Å². The molecule has 6 heteroatoms. The Bertz CT molecular complexity index is 1050. The van der Waals surface area contributed by atoms with Gasteiger partial charge in [0.25, 0.3) is 0 Å². The van der Waals surface area contributed by atoms with Crippen molar-refractivity contribution in [1.82, 2.24) is 0 Å². The van der Waals surface area contributed by atoms with E-state index in [1.54, 1.807) is 24.3 Å². The van der Waals surface area contributed by atoms with E-state index >= 15 is 0 Å². The van der Waals surface area contributed by atoms with Crippen molar-refractivity contribution < 1.29 is 28.6 Å². The maximum absolute atomic E-state index is 11.5. The summed E-state index contributed by atoms with van der Waals surface area (Å²) in [7, 11) is 0. The van der Waals surface area contributed by atoms with Gasteiger partial charge in [0.15, 0.2) is 0 Å². The second-order valence-corrected chi connectivity index (χ2v) is 5.75. The van der Waals surface area contributed by atoms with Crippen LogP contribution in [0, 0.1) is 0 Å². The summed E-state index contributed by atoms with van der Waals surface area (Å²) in [6.45, 7) is 3.93. The Kier molecular flexibility index (Phi) is 4.58. The molecule has 0 aromatic heterocycles. The lowest BCUT2D eigenvalue weighted by Gasteiger charge is -2.12. The van der Waals surface area contributed by atoms with Gasteiger partial charge < -0.3 is 14.2 Å². The highest BCUT2D eigenvalue weighted by Gasteiger charge is 2.13. The van der Waals surface area contributed by atoms with Crippen LogP contribution in [0.25, 0.3) is 21.5 Å². The summed E-state index contributed by atoms with van der Waals surface area (Å²) in [6, 6.07) is 12.0. The summed E-state index contributed by atoms with van der Waals surface area (Å²) in [5.74, 6) is -0.356. The number of benzene rings is 3. The van der Waals surface area contributed by atoms with Gasteiger partial charge in [-0.1, -0.05) is 12.1 Å². The summed E-state index contributed by atoms with van der Waals surface area (Å²) < 4.78 is 15.6. The predicted molar refractivity (Wildman–Crippen MR) is 95.4 cm³/mol. The van der Waals surface area contributed by atoms with Gasteiger partial charge in [-0.15, -0.1) is 0 Å². The SMILES string of the molecule is CC(=O)Oc1ccc2c(ccc3cc(OC(C)=O)cc(OC(C)=O)c32)c1. The number of rotatable bonds is 3. The number of hydrogen-bond donors (Lipinski definition) is 0. The number of ether oxygens (including phenoxy) is 3. The molecule has 0 aliphatic rings. The number of esters is 3. The van der Waals surface area contributed by atoms with E-state index < -0.39 is 17.9 Å². The van der Waals surface area contributed by atoms with Gasteiger partial charge in [-0.3, -0.25) is 14.4 Å². The zero-order valence-electron chi connectivity index (χ0n) is 14.5. The van der Waals surface area contributed by atoms with Crippen LogP contribution < -0.4 is 14.2 Å². The highest BCUT2D eigenvalue weighted by molar-refractivity contribution is 6.12. The highest BCUT2D eigenvalue weighted by atomic mass is 16.5. The summed E-state index contributed by atoms with van der Waals surface area (Å²) in [6.07, 6.45) is 0. The molecule has 6 nitrogen and oxygen atoms in total. The predicted octanol–water partition coefficient (Wildman–Crippen LogP) is 3.77. The van der Waals surface area contributed by atoms with Gasteiger partial charge in [0.1, 0.15) is 17.2 Å². The maximum Gasteiger partial charge on any atom is 0.308 e. The quantitative estimate of drug-likeness (QED) is 0.406. The van der Waals surface area contributed by atoms with Crippen molar-refractivity contribution in [3.8, 4) is 17.2 Å². The van der Waals surface area contributed by atoms with Crippen LogP contribution >= 0.6 is 0 Å². The molecule has 0 radical (unpaired) electrons. The average molecular weight is 352 g/mol. The molecule has 3 rings (SSSR count). The monoisotopic (exact) mass is 352 g/mol. The van der Waals surface area contributed by atoms with Crippen LogP contribution in [0.4, 0.5) is 0 Å². The Labute approximate surface area is 149 Å². The standard InChI is InChI=1S/C20H16O6/c1-11(21)24-16-6-7-18-14(8-16)4-5-15-9-17(25-12(2)22)10-19(20(15)18)26-13(3)23/h4-10H,1-3H3. The first-order chi connectivity index (χ1) is 12.3. The Morgan fingerprint density at radius 2 is 1.23 bits per heavy atom. The summed E-state index contributed by atoms with van der Waals surface area (Å²) >= 11 is 0. The lowest BCUT2D eigenvalue weighted by Crippen LogP contribution is -2.05. The summed E-state index contributed by atoms with van der Waals surface area (Å²) in [5, 5.41) is 3.06. The largest absolute Gasteiger partial charge is 0.427 e. The van der Waals surface area contributed by atoms with E-state index in [2.05, 4.69) is 0 Å². The maximum atomic E-state index is 11.5. The zero-order chi connectivity index (χ0) is 18.8. The topological polar surface area (TPSA) is 78.9 Å². The molecule has 0 amide bonds. The van der Waals surface area contributed by atoms with Crippen LogP contribution in [-0.2, 0) is 14.4 Å². The van der Waals surface area contributed by atoms with Gasteiger partial charge in [0.2, 0.25) is 0 Å². The van der Waals surface area contributed by atoms with Crippen molar-refractivity contribution in [2.75, 3.05) is 0 Å². The Morgan fingerprint density at radius 3 is 1.88 bits per heavy atom. The fourth-order valence-corrected chi connectivity index (χ4v) is 2.81. The molecule has 0 unspecified atom stereocenters. The van der Waals surface area contributed by atoms with Crippen LogP contribution in [-0.4, -0.2) is 17.9 Å². The van der Waals surface area contributed by atoms with Crippen LogP contribution in [0.1, 0.15) is 20.8 Å². The van der Waals surface area contributed by atoms with Gasteiger partial charge >= 0.3 is 17.9 Å². The van der Waals surface area contributed by atoms with E-state index in [1.165, 1.54) is 26.8 Å². The third kappa shape index (κ3) is 3.64. The zero-order valence-corrected chi connectivity index (χ0v) is 14.5. The average Bonchev–Trinajstić information content (AvgIpc) is 2.52. The van der Waals surface area contributed by atoms with Crippen molar-refractivity contribution in [2.24, 2.45) is 0 Å². The fourth-order valence-electron chi connectivity index (χ4n) is 2.81. The van der Waals surface area contributed by atoms with Gasteiger partial charge in [-0.05, 0) is 40.4 Å². The van der Waals surface area contributed by atoms with E-state index in [1.807, 2.05) is 12.1 Å². The van der Waals surface area contributed by atoms with E-state index in [4.69, 9.17) is 14.2 Å². The molecule has 0 aliphatic heterocycles. The third-order valence-electron chi connectivity index (χ3n) is 3.62. The molecule has 0 spiro atoms. The number of fused-ring (bicyclic) bond motifs is 3. The first kappa shape index (κ1) is 17.4. The van der Waals surface area contributed by atoms with Crippen LogP contribution in [0.2, 0.25) is 0 Å². The molecule has 3 aromatic rings. The molecule has 0 saturated heterocycles. The lowest BCUT2D eigenvalue weighted by atomic mass is 10.0. The second-order valence-electron chi connectivity index (χ2n) is 5.75. The lowest BCUT2D eigenvalue weighted by molar-refractivity contribution is -0.133. The molecule has 0 atom stereocenters. The van der Waals surface area contributed by atoms with Crippen molar-refractivity contribution in [1.29, 1.82) is 0 Å². The molecule has 0 N–H and O–H groups in total. The molecule has 3 aromatic carbocycles. The van der Waals surface area contributed by atoms with E-state index in [0.29, 0.717) is 11.1 Å². The van der Waals surface area contributed by atoms with E-state index in [-0.39, 0.29) is 11.5 Å². The van der Waals surface area contributed by atoms with E-state index in [0.717, 1.165) is 16.2 Å². The smallest absolute Gasteiger partial charge is 0.308 e. The molecule has 0 saturated carbocycles. The number of carbonyl (C=O) groups is 3. The second kappa shape index (κ2) is 6.84. The third-order valence-corrected chi connectivity index (χ3v) is 3.62. The minimum Gasteiger partial charge on any atom is -0.427 e. The van der Waals surface area contributed by atoms with Gasteiger partial charge in [0.05, 0.1) is 0 Å². The summed E-state index contributed by atoms with van der Waals surface area (Å²) in [4.78, 5) is 33.9. The number of carbonyl (C=O) groups excluding carboxylic acids is 3. The highest BCUT2D eigenvalue weighted by Crippen LogP contribution is 2.37. The minimum absolute atomic E-state index is 0.289. The molecule has 0 bridgehead atoms.